The maximum atomic E-state index is 9.38. The first-order chi connectivity index (χ1) is 7.93. The second-order valence-corrected chi connectivity index (χ2v) is 4.59. The molecule has 100 valence electrons. The highest BCUT2D eigenvalue weighted by molar-refractivity contribution is 8.22. The van der Waals surface area contributed by atoms with Crippen LogP contribution < -0.4 is 5.43 Å². The Morgan fingerprint density at radius 2 is 1.94 bits per heavy atom. The quantitative estimate of drug-likeness (QED) is 0.182. The second kappa shape index (κ2) is 8.75. The number of aliphatic hydroxyl groups excluding tert-OH is 5. The standard InChI is InChI=1S/C8H16N2O5S2/c1-17-8(16)10-9-2-4(12)6(14)7(15)5(13)3-11/h2,4-7,11-15H,3H2,1H3,(H,10,16)/b9-2+/t4-,5+,6+,7+/m0/s1. The van der Waals surface area contributed by atoms with Crippen molar-refractivity contribution in [3.63, 3.8) is 0 Å². The van der Waals surface area contributed by atoms with Crippen LogP contribution in [0.3, 0.4) is 0 Å². The maximum Gasteiger partial charge on any atom is 0.153 e. The molecule has 0 aromatic carbocycles. The van der Waals surface area contributed by atoms with Crippen molar-refractivity contribution in [2.24, 2.45) is 5.10 Å². The van der Waals surface area contributed by atoms with E-state index in [-0.39, 0.29) is 0 Å². The van der Waals surface area contributed by atoms with Crippen LogP contribution in [0.2, 0.25) is 0 Å². The minimum atomic E-state index is -1.67. The molecule has 0 aliphatic carbocycles. The van der Waals surface area contributed by atoms with Crippen LogP contribution in [-0.4, -0.2) is 73.3 Å². The fourth-order valence-corrected chi connectivity index (χ4v) is 1.03. The molecule has 4 atom stereocenters. The number of rotatable bonds is 6. The Bertz CT molecular complexity index is 266. The number of nitrogens with zero attached hydrogens (tertiary/aromatic N) is 1. The fourth-order valence-electron chi connectivity index (χ4n) is 0.838. The molecule has 0 amide bonds. The van der Waals surface area contributed by atoms with Gasteiger partial charge in [0.2, 0.25) is 0 Å². The Morgan fingerprint density at radius 3 is 2.41 bits per heavy atom. The Hall–Kier alpha value is -0.290. The molecule has 0 heterocycles. The topological polar surface area (TPSA) is 126 Å². The van der Waals surface area contributed by atoms with Crippen molar-refractivity contribution in [1.29, 1.82) is 0 Å². The summed E-state index contributed by atoms with van der Waals surface area (Å²) < 4.78 is 0.374. The Morgan fingerprint density at radius 1 is 1.35 bits per heavy atom. The monoisotopic (exact) mass is 284 g/mol. The third-order valence-electron chi connectivity index (χ3n) is 1.85. The fraction of sp³-hybridized carbons (Fsp3) is 0.750. The lowest BCUT2D eigenvalue weighted by Crippen LogP contribution is -2.46. The SMILES string of the molecule is CSC(=S)N/N=C/[C@H](O)[C@@H](O)[C@H](O)[C@H](O)CO. The van der Waals surface area contributed by atoms with Crippen molar-refractivity contribution in [3.05, 3.63) is 0 Å². The molecule has 17 heavy (non-hydrogen) atoms. The number of nitrogens with one attached hydrogen (secondary N) is 1. The van der Waals surface area contributed by atoms with E-state index in [1.807, 2.05) is 0 Å². The lowest BCUT2D eigenvalue weighted by molar-refractivity contribution is -0.0999. The summed E-state index contributed by atoms with van der Waals surface area (Å²) in [4.78, 5) is 0. The molecular formula is C8H16N2O5S2. The number of thiocarbonyl (C=S) groups is 1. The number of aliphatic hydroxyl groups is 5. The summed E-state index contributed by atoms with van der Waals surface area (Å²) in [5, 5.41) is 49.2. The van der Waals surface area contributed by atoms with Gasteiger partial charge in [0, 0.05) is 0 Å². The predicted octanol–water partition coefficient (Wildman–Crippen LogP) is -2.35. The van der Waals surface area contributed by atoms with E-state index in [9.17, 15) is 15.3 Å². The van der Waals surface area contributed by atoms with Crippen LogP contribution in [0.4, 0.5) is 0 Å². The lowest BCUT2D eigenvalue weighted by atomic mass is 10.0. The van der Waals surface area contributed by atoms with Gasteiger partial charge in [0.05, 0.1) is 12.8 Å². The minimum Gasteiger partial charge on any atom is -0.394 e. The molecule has 0 unspecified atom stereocenters. The summed E-state index contributed by atoms with van der Waals surface area (Å²) in [5.74, 6) is 0. The number of hydrazone groups is 1. The molecule has 0 bridgehead atoms. The molecule has 0 aromatic heterocycles. The Kier molecular flexibility index (Phi) is 8.60. The smallest absolute Gasteiger partial charge is 0.153 e. The molecule has 0 spiro atoms. The van der Waals surface area contributed by atoms with Gasteiger partial charge in [-0.1, -0.05) is 24.0 Å². The van der Waals surface area contributed by atoms with Crippen molar-refractivity contribution < 1.29 is 25.5 Å². The zero-order chi connectivity index (χ0) is 13.4. The molecular weight excluding hydrogens is 268 g/mol. The highest BCUT2D eigenvalue weighted by Gasteiger charge is 2.29. The zero-order valence-corrected chi connectivity index (χ0v) is 10.7. The van der Waals surface area contributed by atoms with E-state index >= 15 is 0 Å². The van der Waals surface area contributed by atoms with Crippen LogP contribution in [0.1, 0.15) is 0 Å². The average molecular weight is 284 g/mol. The van der Waals surface area contributed by atoms with E-state index in [0.717, 1.165) is 6.21 Å². The van der Waals surface area contributed by atoms with Crippen LogP contribution in [0, 0.1) is 0 Å². The van der Waals surface area contributed by atoms with Crippen LogP contribution in [0.5, 0.6) is 0 Å². The van der Waals surface area contributed by atoms with Crippen molar-refractivity contribution >= 4 is 34.5 Å². The summed E-state index contributed by atoms with van der Waals surface area (Å²) >= 11 is 6.00. The lowest BCUT2D eigenvalue weighted by Gasteiger charge is -2.23. The van der Waals surface area contributed by atoms with E-state index in [4.69, 9.17) is 22.4 Å². The van der Waals surface area contributed by atoms with E-state index < -0.39 is 31.0 Å². The summed E-state index contributed by atoms with van der Waals surface area (Å²) in [6, 6.07) is 0. The molecule has 0 aliphatic heterocycles. The second-order valence-electron chi connectivity index (χ2n) is 3.10. The van der Waals surface area contributed by atoms with Gasteiger partial charge in [-0.05, 0) is 6.26 Å². The number of hydrogen-bond donors (Lipinski definition) is 6. The first-order valence-electron chi connectivity index (χ1n) is 4.64. The molecule has 0 aromatic rings. The molecule has 0 saturated carbocycles. The van der Waals surface area contributed by atoms with Crippen LogP contribution in [-0.2, 0) is 0 Å². The van der Waals surface area contributed by atoms with Gasteiger partial charge >= 0.3 is 0 Å². The third-order valence-corrected chi connectivity index (χ3v) is 2.90. The van der Waals surface area contributed by atoms with Gasteiger partial charge in [0.25, 0.3) is 0 Å². The van der Waals surface area contributed by atoms with E-state index in [1.165, 1.54) is 11.8 Å². The molecule has 0 fully saturated rings. The van der Waals surface area contributed by atoms with Gasteiger partial charge in [0.1, 0.15) is 24.4 Å². The van der Waals surface area contributed by atoms with Gasteiger partial charge < -0.3 is 25.5 Å². The Balaban J connectivity index is 4.21. The highest BCUT2D eigenvalue weighted by Crippen LogP contribution is 2.03. The van der Waals surface area contributed by atoms with Crippen molar-refractivity contribution in [2.75, 3.05) is 12.9 Å². The molecule has 9 heteroatoms. The van der Waals surface area contributed by atoms with Crippen LogP contribution in [0.25, 0.3) is 0 Å². The van der Waals surface area contributed by atoms with Gasteiger partial charge in [-0.25, -0.2) is 0 Å². The number of hydrogen-bond acceptors (Lipinski definition) is 8. The first-order valence-corrected chi connectivity index (χ1v) is 6.27. The molecule has 6 N–H and O–H groups in total. The molecule has 7 nitrogen and oxygen atoms in total. The van der Waals surface area contributed by atoms with Crippen LogP contribution in [0.15, 0.2) is 5.10 Å². The summed E-state index contributed by atoms with van der Waals surface area (Å²) in [7, 11) is 0. The summed E-state index contributed by atoms with van der Waals surface area (Å²) in [6.07, 6.45) is -3.70. The van der Waals surface area contributed by atoms with Gasteiger partial charge in [-0.3, -0.25) is 5.43 Å². The summed E-state index contributed by atoms with van der Waals surface area (Å²) in [6.45, 7) is -0.725. The first kappa shape index (κ1) is 16.7. The van der Waals surface area contributed by atoms with Crippen molar-refractivity contribution in [3.8, 4) is 0 Å². The number of thioether (sulfide) groups is 1. The van der Waals surface area contributed by atoms with Crippen molar-refractivity contribution in [1.82, 2.24) is 5.43 Å². The zero-order valence-electron chi connectivity index (χ0n) is 9.09. The largest absolute Gasteiger partial charge is 0.394 e. The van der Waals surface area contributed by atoms with Crippen LogP contribution >= 0.6 is 24.0 Å². The third kappa shape index (κ3) is 6.27. The van der Waals surface area contributed by atoms with Gasteiger partial charge in [0.15, 0.2) is 4.32 Å². The maximum absolute atomic E-state index is 9.38. The summed E-state index contributed by atoms with van der Waals surface area (Å²) in [5.41, 5.74) is 2.40. The molecule has 0 saturated heterocycles. The van der Waals surface area contributed by atoms with E-state index in [1.54, 1.807) is 6.26 Å². The molecule has 0 aliphatic rings. The molecule has 0 radical (unpaired) electrons. The van der Waals surface area contributed by atoms with Crippen molar-refractivity contribution in [2.45, 2.75) is 24.4 Å². The highest BCUT2D eigenvalue weighted by atomic mass is 32.2. The van der Waals surface area contributed by atoms with E-state index in [2.05, 4.69) is 10.5 Å². The minimum absolute atomic E-state index is 0.374. The van der Waals surface area contributed by atoms with Gasteiger partial charge in [-0.15, -0.1) is 0 Å². The Labute approximate surface area is 108 Å². The normalized spacial score (nSPS) is 18.7. The predicted molar refractivity (Wildman–Crippen MR) is 68.9 cm³/mol. The van der Waals surface area contributed by atoms with E-state index in [0.29, 0.717) is 4.32 Å². The molecule has 0 rings (SSSR count). The average Bonchev–Trinajstić information content (AvgIpc) is 2.35. The van der Waals surface area contributed by atoms with Gasteiger partial charge in [-0.2, -0.15) is 5.10 Å².